The molecule has 2 N–H and O–H groups in total. The summed E-state index contributed by atoms with van der Waals surface area (Å²) in [6, 6.07) is 13.0. The number of fused-ring (bicyclic) bond motifs is 1. The van der Waals surface area contributed by atoms with Gasteiger partial charge >= 0.3 is 0 Å². The zero-order valence-corrected chi connectivity index (χ0v) is 13.3. The quantitative estimate of drug-likeness (QED) is 0.888. The summed E-state index contributed by atoms with van der Waals surface area (Å²) in [6.45, 7) is 4.16. The normalized spacial score (nSPS) is 13.5. The first-order valence-corrected chi connectivity index (χ1v) is 7.71. The molecule has 0 fully saturated rings. The molecule has 0 saturated carbocycles. The Morgan fingerprint density at radius 3 is 2.52 bits per heavy atom. The van der Waals surface area contributed by atoms with Gasteiger partial charge in [0.1, 0.15) is 6.04 Å². The molecule has 0 saturated heterocycles. The van der Waals surface area contributed by atoms with Gasteiger partial charge in [-0.1, -0.05) is 19.1 Å². The Morgan fingerprint density at radius 1 is 1.09 bits per heavy atom. The lowest BCUT2D eigenvalue weighted by Gasteiger charge is -2.15. The van der Waals surface area contributed by atoms with Crippen LogP contribution in [0.5, 0.6) is 11.5 Å². The number of amides is 1. The molecule has 0 bridgehead atoms. The zero-order chi connectivity index (χ0) is 16.2. The van der Waals surface area contributed by atoms with E-state index < -0.39 is 0 Å². The van der Waals surface area contributed by atoms with E-state index in [-0.39, 0.29) is 18.7 Å². The van der Waals surface area contributed by atoms with E-state index in [0.29, 0.717) is 5.75 Å². The van der Waals surface area contributed by atoms with Gasteiger partial charge in [-0.3, -0.25) is 4.79 Å². The number of hydrogen-bond acceptors (Lipinski definition) is 4. The lowest BCUT2D eigenvalue weighted by Crippen LogP contribution is -2.31. The van der Waals surface area contributed by atoms with Crippen molar-refractivity contribution >= 4 is 17.3 Å². The molecular formula is C18H20N2O3. The third kappa shape index (κ3) is 3.56. The van der Waals surface area contributed by atoms with E-state index in [1.807, 2.05) is 49.4 Å². The molecule has 1 aliphatic rings. The maximum atomic E-state index is 12.3. The fourth-order valence-electron chi connectivity index (χ4n) is 2.38. The average Bonchev–Trinajstić information content (AvgIpc) is 3.03. The van der Waals surface area contributed by atoms with Gasteiger partial charge in [-0.2, -0.15) is 0 Å². The number of anilines is 2. The highest BCUT2D eigenvalue weighted by molar-refractivity contribution is 5.96. The van der Waals surface area contributed by atoms with Crippen molar-refractivity contribution in [2.24, 2.45) is 0 Å². The van der Waals surface area contributed by atoms with Crippen LogP contribution >= 0.6 is 0 Å². The second kappa shape index (κ2) is 6.60. The summed E-state index contributed by atoms with van der Waals surface area (Å²) in [4.78, 5) is 12.3. The Balaban J connectivity index is 1.60. The van der Waals surface area contributed by atoms with Crippen molar-refractivity contribution in [1.29, 1.82) is 0 Å². The van der Waals surface area contributed by atoms with Gasteiger partial charge in [-0.25, -0.2) is 0 Å². The van der Waals surface area contributed by atoms with Crippen LogP contribution in [0.2, 0.25) is 0 Å². The summed E-state index contributed by atoms with van der Waals surface area (Å²) in [5.41, 5.74) is 2.86. The van der Waals surface area contributed by atoms with Crippen LogP contribution < -0.4 is 20.1 Å². The van der Waals surface area contributed by atoms with Crippen LogP contribution in [-0.2, 0) is 11.2 Å². The Hall–Kier alpha value is -2.69. The third-order valence-corrected chi connectivity index (χ3v) is 3.78. The predicted octanol–water partition coefficient (Wildman–Crippen LogP) is 3.42. The minimum absolute atomic E-state index is 0.0908. The lowest BCUT2D eigenvalue weighted by molar-refractivity contribution is -0.116. The standard InChI is InChI=1S/C18H20N2O3/c1-3-13-4-6-14(7-5-13)20-18(21)12(2)19-15-8-9-16-17(10-15)23-11-22-16/h4-10,12,19H,3,11H2,1-2H3,(H,20,21)/t12-/m1/s1. The van der Waals surface area contributed by atoms with E-state index in [2.05, 4.69) is 17.6 Å². The number of carbonyl (C=O) groups excluding carboxylic acids is 1. The summed E-state index contributed by atoms with van der Waals surface area (Å²) in [5, 5.41) is 6.07. The number of rotatable bonds is 5. The highest BCUT2D eigenvalue weighted by Crippen LogP contribution is 2.34. The lowest BCUT2D eigenvalue weighted by atomic mass is 10.1. The highest BCUT2D eigenvalue weighted by Gasteiger charge is 2.16. The first kappa shape index (κ1) is 15.2. The second-order valence-corrected chi connectivity index (χ2v) is 5.47. The molecule has 0 aromatic heterocycles. The van der Waals surface area contributed by atoms with Crippen LogP contribution in [0.4, 0.5) is 11.4 Å². The molecule has 1 amide bonds. The van der Waals surface area contributed by atoms with E-state index in [1.165, 1.54) is 5.56 Å². The molecule has 2 aromatic rings. The number of aryl methyl sites for hydroxylation is 1. The molecule has 0 aliphatic carbocycles. The molecule has 1 heterocycles. The molecule has 0 unspecified atom stereocenters. The largest absolute Gasteiger partial charge is 0.454 e. The number of nitrogens with one attached hydrogen (secondary N) is 2. The van der Waals surface area contributed by atoms with Crippen molar-refractivity contribution in [2.75, 3.05) is 17.4 Å². The summed E-state index contributed by atoms with van der Waals surface area (Å²) in [5.74, 6) is 1.33. The van der Waals surface area contributed by atoms with Crippen LogP contribution in [0, 0.1) is 0 Å². The minimum atomic E-state index is -0.374. The van der Waals surface area contributed by atoms with Gasteiger partial charge in [0, 0.05) is 17.4 Å². The van der Waals surface area contributed by atoms with E-state index >= 15 is 0 Å². The monoisotopic (exact) mass is 312 g/mol. The molecule has 0 spiro atoms. The Labute approximate surface area is 135 Å². The zero-order valence-electron chi connectivity index (χ0n) is 13.3. The molecule has 120 valence electrons. The van der Waals surface area contributed by atoms with Gasteiger partial charge in [0.2, 0.25) is 12.7 Å². The Bertz CT molecular complexity index is 698. The Morgan fingerprint density at radius 2 is 1.78 bits per heavy atom. The SMILES string of the molecule is CCc1ccc(NC(=O)[C@@H](C)Nc2ccc3c(c2)OCO3)cc1. The molecule has 2 aromatic carbocycles. The molecule has 23 heavy (non-hydrogen) atoms. The van der Waals surface area contributed by atoms with Crippen molar-refractivity contribution in [3.05, 3.63) is 48.0 Å². The van der Waals surface area contributed by atoms with Gasteiger partial charge in [0.15, 0.2) is 11.5 Å². The fourth-order valence-corrected chi connectivity index (χ4v) is 2.38. The van der Waals surface area contributed by atoms with E-state index in [0.717, 1.165) is 23.5 Å². The molecule has 0 radical (unpaired) electrons. The Kier molecular flexibility index (Phi) is 4.37. The third-order valence-electron chi connectivity index (χ3n) is 3.78. The van der Waals surface area contributed by atoms with E-state index in [4.69, 9.17) is 9.47 Å². The van der Waals surface area contributed by atoms with Crippen molar-refractivity contribution in [1.82, 2.24) is 0 Å². The first-order chi connectivity index (χ1) is 11.2. The van der Waals surface area contributed by atoms with Crippen LogP contribution in [-0.4, -0.2) is 18.7 Å². The van der Waals surface area contributed by atoms with Crippen LogP contribution in [0.1, 0.15) is 19.4 Å². The molecule has 1 atom stereocenters. The maximum Gasteiger partial charge on any atom is 0.246 e. The molecule has 1 aliphatic heterocycles. The highest BCUT2D eigenvalue weighted by atomic mass is 16.7. The summed E-state index contributed by atoms with van der Waals surface area (Å²) < 4.78 is 10.6. The molecular weight excluding hydrogens is 292 g/mol. The van der Waals surface area contributed by atoms with Crippen molar-refractivity contribution in [2.45, 2.75) is 26.3 Å². The summed E-state index contributed by atoms with van der Waals surface area (Å²) in [7, 11) is 0. The number of benzene rings is 2. The van der Waals surface area contributed by atoms with Crippen LogP contribution in [0.25, 0.3) is 0 Å². The van der Waals surface area contributed by atoms with Crippen LogP contribution in [0.15, 0.2) is 42.5 Å². The van der Waals surface area contributed by atoms with E-state index in [1.54, 1.807) is 0 Å². The predicted molar refractivity (Wildman–Crippen MR) is 90.1 cm³/mol. The maximum absolute atomic E-state index is 12.3. The van der Waals surface area contributed by atoms with E-state index in [9.17, 15) is 4.79 Å². The summed E-state index contributed by atoms with van der Waals surface area (Å²) in [6.07, 6.45) is 0.982. The van der Waals surface area contributed by atoms with Gasteiger partial charge in [0.05, 0.1) is 0 Å². The van der Waals surface area contributed by atoms with Crippen molar-refractivity contribution in [3.63, 3.8) is 0 Å². The number of carbonyl (C=O) groups is 1. The van der Waals surface area contributed by atoms with Gasteiger partial charge in [-0.05, 0) is 43.2 Å². The topological polar surface area (TPSA) is 59.6 Å². The molecule has 5 heteroatoms. The average molecular weight is 312 g/mol. The number of hydrogen-bond donors (Lipinski definition) is 2. The smallest absolute Gasteiger partial charge is 0.246 e. The van der Waals surface area contributed by atoms with Gasteiger partial charge < -0.3 is 20.1 Å². The minimum Gasteiger partial charge on any atom is -0.454 e. The first-order valence-electron chi connectivity index (χ1n) is 7.71. The van der Waals surface area contributed by atoms with Gasteiger partial charge in [-0.15, -0.1) is 0 Å². The molecule has 5 nitrogen and oxygen atoms in total. The second-order valence-electron chi connectivity index (χ2n) is 5.47. The van der Waals surface area contributed by atoms with Crippen molar-refractivity contribution in [3.8, 4) is 11.5 Å². The van der Waals surface area contributed by atoms with Crippen molar-refractivity contribution < 1.29 is 14.3 Å². The van der Waals surface area contributed by atoms with Crippen LogP contribution in [0.3, 0.4) is 0 Å². The summed E-state index contributed by atoms with van der Waals surface area (Å²) >= 11 is 0. The number of ether oxygens (including phenoxy) is 2. The molecule has 3 rings (SSSR count). The fraction of sp³-hybridized carbons (Fsp3) is 0.278. The van der Waals surface area contributed by atoms with Gasteiger partial charge in [0.25, 0.3) is 0 Å².